The van der Waals surface area contributed by atoms with Crippen LogP contribution in [0.25, 0.3) is 0 Å². The van der Waals surface area contributed by atoms with E-state index in [1.807, 2.05) is 19.9 Å². The van der Waals surface area contributed by atoms with Crippen molar-refractivity contribution in [1.82, 2.24) is 9.97 Å². The van der Waals surface area contributed by atoms with Crippen molar-refractivity contribution in [2.75, 3.05) is 37.4 Å². The Balaban J connectivity index is 2.65. The molecular weight excluding hydrogens is 218 g/mol. The van der Waals surface area contributed by atoms with Crippen LogP contribution in [0, 0.1) is 6.92 Å². The molecule has 0 radical (unpaired) electrons. The Morgan fingerprint density at radius 2 is 2.12 bits per heavy atom. The third kappa shape index (κ3) is 4.97. The Morgan fingerprint density at radius 3 is 2.76 bits per heavy atom. The largest absolute Gasteiger partial charge is 0.383 e. The molecule has 1 atom stereocenters. The highest BCUT2D eigenvalue weighted by Gasteiger charge is 2.04. The average Bonchev–Trinajstić information content (AvgIpc) is 2.28. The zero-order valence-corrected chi connectivity index (χ0v) is 10.7. The van der Waals surface area contributed by atoms with Crippen molar-refractivity contribution in [2.24, 2.45) is 5.73 Å². The van der Waals surface area contributed by atoms with Crippen molar-refractivity contribution < 1.29 is 4.74 Å². The number of aryl methyl sites for hydroxylation is 1. The lowest BCUT2D eigenvalue weighted by atomic mass is 10.3. The van der Waals surface area contributed by atoms with Crippen LogP contribution in [0.5, 0.6) is 0 Å². The van der Waals surface area contributed by atoms with Gasteiger partial charge in [-0.2, -0.15) is 0 Å². The SMILES string of the molecule is COCCNc1cc(NC(C)CN)nc(C)n1. The number of nitrogens with zero attached hydrogens (tertiary/aromatic N) is 2. The first-order valence-corrected chi connectivity index (χ1v) is 5.70. The quantitative estimate of drug-likeness (QED) is 0.604. The number of anilines is 2. The van der Waals surface area contributed by atoms with Gasteiger partial charge in [0.05, 0.1) is 6.61 Å². The summed E-state index contributed by atoms with van der Waals surface area (Å²) in [6, 6.07) is 2.06. The van der Waals surface area contributed by atoms with E-state index in [4.69, 9.17) is 10.5 Å². The minimum absolute atomic E-state index is 0.191. The fourth-order valence-corrected chi connectivity index (χ4v) is 1.32. The van der Waals surface area contributed by atoms with Gasteiger partial charge in [0.25, 0.3) is 0 Å². The molecule has 0 saturated carbocycles. The predicted octanol–water partition coefficient (Wildman–Crippen LogP) is 0.602. The van der Waals surface area contributed by atoms with Gasteiger partial charge in [-0.3, -0.25) is 0 Å². The minimum atomic E-state index is 0.191. The third-order valence-corrected chi connectivity index (χ3v) is 2.20. The van der Waals surface area contributed by atoms with E-state index in [-0.39, 0.29) is 6.04 Å². The Labute approximate surface area is 102 Å². The first kappa shape index (κ1) is 13.7. The van der Waals surface area contributed by atoms with E-state index in [1.54, 1.807) is 7.11 Å². The van der Waals surface area contributed by atoms with Crippen LogP contribution in [-0.4, -0.2) is 42.8 Å². The van der Waals surface area contributed by atoms with Crippen LogP contribution in [0.15, 0.2) is 6.07 Å². The fourth-order valence-electron chi connectivity index (χ4n) is 1.32. The molecule has 0 spiro atoms. The molecule has 1 unspecified atom stereocenters. The number of rotatable bonds is 7. The summed E-state index contributed by atoms with van der Waals surface area (Å²) in [6.45, 7) is 5.80. The van der Waals surface area contributed by atoms with Crippen molar-refractivity contribution >= 4 is 11.6 Å². The second-order valence-electron chi connectivity index (χ2n) is 3.89. The Kier molecular flexibility index (Phi) is 5.65. The van der Waals surface area contributed by atoms with Crippen LogP contribution in [0.4, 0.5) is 11.6 Å². The number of nitrogens with one attached hydrogen (secondary N) is 2. The van der Waals surface area contributed by atoms with E-state index in [2.05, 4.69) is 20.6 Å². The molecule has 96 valence electrons. The van der Waals surface area contributed by atoms with Gasteiger partial charge in [-0.05, 0) is 13.8 Å². The molecule has 1 heterocycles. The van der Waals surface area contributed by atoms with Gasteiger partial charge in [-0.1, -0.05) is 0 Å². The van der Waals surface area contributed by atoms with Crippen molar-refractivity contribution in [3.05, 3.63) is 11.9 Å². The highest BCUT2D eigenvalue weighted by atomic mass is 16.5. The summed E-state index contributed by atoms with van der Waals surface area (Å²) < 4.78 is 4.97. The van der Waals surface area contributed by atoms with E-state index in [0.29, 0.717) is 13.2 Å². The maximum atomic E-state index is 5.56. The molecule has 0 amide bonds. The lowest BCUT2D eigenvalue weighted by Gasteiger charge is -2.13. The molecule has 0 aliphatic heterocycles. The van der Waals surface area contributed by atoms with Crippen LogP contribution in [0.2, 0.25) is 0 Å². The lowest BCUT2D eigenvalue weighted by Crippen LogP contribution is -2.26. The van der Waals surface area contributed by atoms with Gasteiger partial charge < -0.3 is 21.1 Å². The molecule has 6 nitrogen and oxygen atoms in total. The van der Waals surface area contributed by atoms with Crippen LogP contribution in [0.3, 0.4) is 0 Å². The second kappa shape index (κ2) is 7.03. The van der Waals surface area contributed by atoms with E-state index in [1.165, 1.54) is 0 Å². The average molecular weight is 239 g/mol. The first-order valence-electron chi connectivity index (χ1n) is 5.70. The van der Waals surface area contributed by atoms with Gasteiger partial charge in [0.1, 0.15) is 17.5 Å². The van der Waals surface area contributed by atoms with E-state index in [9.17, 15) is 0 Å². The Bertz CT molecular complexity index is 345. The van der Waals surface area contributed by atoms with Gasteiger partial charge in [0, 0.05) is 32.3 Å². The summed E-state index contributed by atoms with van der Waals surface area (Å²) in [7, 11) is 1.67. The lowest BCUT2D eigenvalue weighted by molar-refractivity contribution is 0.210. The third-order valence-electron chi connectivity index (χ3n) is 2.20. The number of nitrogens with two attached hydrogens (primary N) is 1. The first-order chi connectivity index (χ1) is 8.15. The van der Waals surface area contributed by atoms with Crippen LogP contribution >= 0.6 is 0 Å². The molecule has 0 fully saturated rings. The molecule has 0 aromatic carbocycles. The molecular formula is C11H21N5O. The molecule has 17 heavy (non-hydrogen) atoms. The van der Waals surface area contributed by atoms with E-state index in [0.717, 1.165) is 24.0 Å². The molecule has 1 aromatic heterocycles. The van der Waals surface area contributed by atoms with Gasteiger partial charge in [-0.15, -0.1) is 0 Å². The Morgan fingerprint density at radius 1 is 1.41 bits per heavy atom. The summed E-state index contributed by atoms with van der Waals surface area (Å²) >= 11 is 0. The Hall–Kier alpha value is -1.40. The molecule has 0 aliphatic carbocycles. The second-order valence-corrected chi connectivity index (χ2v) is 3.89. The van der Waals surface area contributed by atoms with Crippen LogP contribution in [0.1, 0.15) is 12.7 Å². The van der Waals surface area contributed by atoms with Crippen LogP contribution < -0.4 is 16.4 Å². The van der Waals surface area contributed by atoms with Gasteiger partial charge in [0.15, 0.2) is 0 Å². The van der Waals surface area contributed by atoms with Gasteiger partial charge in [-0.25, -0.2) is 9.97 Å². The van der Waals surface area contributed by atoms with Gasteiger partial charge in [0.2, 0.25) is 0 Å². The van der Waals surface area contributed by atoms with E-state index >= 15 is 0 Å². The summed E-state index contributed by atoms with van der Waals surface area (Å²) in [4.78, 5) is 8.59. The maximum absolute atomic E-state index is 5.56. The van der Waals surface area contributed by atoms with Crippen molar-refractivity contribution in [2.45, 2.75) is 19.9 Å². The molecule has 1 aromatic rings. The smallest absolute Gasteiger partial charge is 0.132 e. The summed E-state index contributed by atoms with van der Waals surface area (Å²) in [5.74, 6) is 2.30. The standard InChI is InChI=1S/C11H21N5O/c1-8(7-12)14-11-6-10(13-4-5-17-3)15-9(2)16-11/h6,8H,4-5,7,12H2,1-3H3,(H2,13,14,15,16). The fraction of sp³-hybridized carbons (Fsp3) is 0.636. The number of hydrogen-bond acceptors (Lipinski definition) is 6. The summed E-state index contributed by atoms with van der Waals surface area (Å²) in [5.41, 5.74) is 5.56. The summed E-state index contributed by atoms with van der Waals surface area (Å²) in [5, 5.41) is 6.39. The monoisotopic (exact) mass is 239 g/mol. The highest BCUT2D eigenvalue weighted by Crippen LogP contribution is 2.11. The molecule has 0 saturated heterocycles. The summed E-state index contributed by atoms with van der Waals surface area (Å²) in [6.07, 6.45) is 0. The van der Waals surface area contributed by atoms with Crippen LogP contribution in [-0.2, 0) is 4.74 Å². The molecule has 4 N–H and O–H groups in total. The number of ether oxygens (including phenoxy) is 1. The van der Waals surface area contributed by atoms with Crippen molar-refractivity contribution in [3.8, 4) is 0 Å². The number of aromatic nitrogens is 2. The predicted molar refractivity (Wildman–Crippen MR) is 69.3 cm³/mol. The topological polar surface area (TPSA) is 85.1 Å². The number of hydrogen-bond donors (Lipinski definition) is 3. The molecule has 0 bridgehead atoms. The van der Waals surface area contributed by atoms with Crippen molar-refractivity contribution in [1.29, 1.82) is 0 Å². The highest BCUT2D eigenvalue weighted by molar-refractivity contribution is 5.47. The molecule has 6 heteroatoms. The molecule has 0 aliphatic rings. The van der Waals surface area contributed by atoms with Gasteiger partial charge >= 0.3 is 0 Å². The van der Waals surface area contributed by atoms with Crippen molar-refractivity contribution in [3.63, 3.8) is 0 Å². The van der Waals surface area contributed by atoms with E-state index < -0.39 is 0 Å². The maximum Gasteiger partial charge on any atom is 0.132 e. The zero-order chi connectivity index (χ0) is 12.7. The minimum Gasteiger partial charge on any atom is -0.383 e. The molecule has 1 rings (SSSR count). The number of methoxy groups -OCH3 is 1. The zero-order valence-electron chi connectivity index (χ0n) is 10.7. The normalized spacial score (nSPS) is 12.2.